The molecule has 3 heterocycles. The molecule has 1 aliphatic carbocycles. The van der Waals surface area contributed by atoms with E-state index in [0.29, 0.717) is 12.8 Å². The highest BCUT2D eigenvalue weighted by molar-refractivity contribution is 5.92. The Balaban J connectivity index is 1.46. The second-order valence-corrected chi connectivity index (χ2v) is 7.69. The number of hydrogen-bond donors (Lipinski definition) is 1. The summed E-state index contributed by atoms with van der Waals surface area (Å²) < 4.78 is 40.2. The van der Waals surface area contributed by atoms with Crippen LogP contribution in [0.5, 0.6) is 0 Å². The zero-order chi connectivity index (χ0) is 21.3. The quantitative estimate of drug-likeness (QED) is 0.684. The Morgan fingerprint density at radius 3 is 2.80 bits per heavy atom. The average Bonchev–Trinajstić information content (AvgIpc) is 3.33. The van der Waals surface area contributed by atoms with Gasteiger partial charge in [0.15, 0.2) is 0 Å². The largest absolute Gasteiger partial charge is 0.406 e. The topological polar surface area (TPSA) is 103 Å². The normalized spacial score (nSPS) is 19.8. The van der Waals surface area contributed by atoms with Gasteiger partial charge in [0.25, 0.3) is 0 Å². The third kappa shape index (κ3) is 4.08. The van der Waals surface area contributed by atoms with E-state index in [-0.39, 0.29) is 18.4 Å². The van der Waals surface area contributed by atoms with E-state index >= 15 is 0 Å². The lowest BCUT2D eigenvalue weighted by atomic mass is 9.80. The maximum absolute atomic E-state index is 12.9. The number of alkyl halides is 3. The lowest BCUT2D eigenvalue weighted by Gasteiger charge is -2.32. The lowest BCUT2D eigenvalue weighted by Crippen LogP contribution is -2.42. The van der Waals surface area contributed by atoms with Crippen LogP contribution in [0.1, 0.15) is 43.7 Å². The Morgan fingerprint density at radius 1 is 1.33 bits per heavy atom. The first-order chi connectivity index (χ1) is 14.4. The number of nitrogens with one attached hydrogen (secondary N) is 1. The molecule has 1 N–H and O–H groups in total. The van der Waals surface area contributed by atoms with Gasteiger partial charge < -0.3 is 9.88 Å². The van der Waals surface area contributed by atoms with Crippen molar-refractivity contribution in [3.8, 4) is 6.07 Å². The Morgan fingerprint density at radius 2 is 2.10 bits per heavy atom. The van der Waals surface area contributed by atoms with Gasteiger partial charge in [0.1, 0.15) is 30.5 Å². The van der Waals surface area contributed by atoms with E-state index < -0.39 is 25.0 Å². The zero-order valence-corrected chi connectivity index (χ0v) is 16.1. The average molecular weight is 419 g/mol. The highest BCUT2D eigenvalue weighted by Crippen LogP contribution is 2.38. The monoisotopic (exact) mass is 419 g/mol. The van der Waals surface area contributed by atoms with E-state index in [1.807, 2.05) is 6.07 Å². The van der Waals surface area contributed by atoms with Crippen LogP contribution in [0.15, 0.2) is 18.6 Å². The van der Waals surface area contributed by atoms with Crippen LogP contribution in [0.2, 0.25) is 0 Å². The SMILES string of the molecule is N#CCC(=O)N(CC1CCC(c2nnn3cnc4[nH]ccc4c23)CC1)CC(F)(F)F. The van der Waals surface area contributed by atoms with Crippen molar-refractivity contribution in [3.63, 3.8) is 0 Å². The molecule has 0 bridgehead atoms. The zero-order valence-electron chi connectivity index (χ0n) is 16.1. The van der Waals surface area contributed by atoms with E-state index in [1.54, 1.807) is 23.1 Å². The van der Waals surface area contributed by atoms with Crippen LogP contribution in [-0.4, -0.2) is 54.9 Å². The Kier molecular flexibility index (Phi) is 5.32. The van der Waals surface area contributed by atoms with Crippen LogP contribution < -0.4 is 0 Å². The van der Waals surface area contributed by atoms with Gasteiger partial charge in [-0.05, 0) is 37.7 Å². The number of rotatable bonds is 5. The third-order valence-electron chi connectivity index (χ3n) is 5.66. The highest BCUT2D eigenvalue weighted by atomic mass is 19.4. The standard InChI is InChI=1S/C19H20F3N7O/c20-19(21,22)10-28(15(30)5-7-23)9-12-1-3-13(4-2-12)16-17-14-6-8-24-18(14)25-11-29(17)27-26-16/h6,8,11-13,24H,1-5,9-10H2. The predicted octanol–water partition coefficient (Wildman–Crippen LogP) is 3.18. The summed E-state index contributed by atoms with van der Waals surface area (Å²) in [5, 5.41) is 18.1. The first kappa shape index (κ1) is 20.1. The molecular weight excluding hydrogens is 399 g/mol. The van der Waals surface area contributed by atoms with E-state index in [1.165, 1.54) is 0 Å². The van der Waals surface area contributed by atoms with Gasteiger partial charge in [-0.2, -0.15) is 18.4 Å². The van der Waals surface area contributed by atoms with E-state index in [4.69, 9.17) is 5.26 Å². The van der Waals surface area contributed by atoms with Crippen LogP contribution in [0, 0.1) is 17.2 Å². The molecule has 11 heteroatoms. The first-order valence-electron chi connectivity index (χ1n) is 9.74. The molecule has 0 spiro atoms. The molecule has 30 heavy (non-hydrogen) atoms. The molecule has 3 aromatic rings. The van der Waals surface area contributed by atoms with Gasteiger partial charge in [-0.15, -0.1) is 5.10 Å². The second kappa shape index (κ2) is 7.93. The Hall–Kier alpha value is -3.16. The molecule has 1 saturated carbocycles. The first-order valence-corrected chi connectivity index (χ1v) is 9.74. The number of nitrogens with zero attached hydrogens (tertiary/aromatic N) is 6. The molecule has 158 valence electrons. The number of carbonyl (C=O) groups is 1. The minimum absolute atomic E-state index is 0.0148. The molecule has 1 fully saturated rings. The molecular formula is C19H20F3N7O. The maximum Gasteiger partial charge on any atom is 0.406 e. The number of fused-ring (bicyclic) bond motifs is 3. The maximum atomic E-state index is 12.9. The lowest BCUT2D eigenvalue weighted by molar-refractivity contribution is -0.162. The van der Waals surface area contributed by atoms with Gasteiger partial charge in [0.2, 0.25) is 5.91 Å². The smallest absolute Gasteiger partial charge is 0.346 e. The molecule has 8 nitrogen and oxygen atoms in total. The summed E-state index contributed by atoms with van der Waals surface area (Å²) in [6, 6.07) is 3.56. The summed E-state index contributed by atoms with van der Waals surface area (Å²) in [4.78, 5) is 20.1. The summed E-state index contributed by atoms with van der Waals surface area (Å²) in [6.07, 6.45) is 1.24. The molecule has 0 aliphatic heterocycles. The highest BCUT2D eigenvalue weighted by Gasteiger charge is 2.35. The van der Waals surface area contributed by atoms with Crippen molar-refractivity contribution in [3.05, 3.63) is 24.3 Å². The number of amides is 1. The van der Waals surface area contributed by atoms with Crippen molar-refractivity contribution in [2.24, 2.45) is 5.92 Å². The summed E-state index contributed by atoms with van der Waals surface area (Å²) >= 11 is 0. The molecule has 0 radical (unpaired) electrons. The molecule has 3 aromatic heterocycles. The fourth-order valence-electron chi connectivity index (χ4n) is 4.27. The van der Waals surface area contributed by atoms with Crippen LogP contribution in [0.4, 0.5) is 13.2 Å². The molecule has 0 atom stereocenters. The van der Waals surface area contributed by atoms with Crippen molar-refractivity contribution < 1.29 is 18.0 Å². The number of carbonyl (C=O) groups excluding carboxylic acids is 1. The molecule has 1 aliphatic rings. The summed E-state index contributed by atoms with van der Waals surface area (Å²) in [6.45, 7) is -1.30. The van der Waals surface area contributed by atoms with Gasteiger partial charge >= 0.3 is 6.18 Å². The van der Waals surface area contributed by atoms with Crippen molar-refractivity contribution in [1.82, 2.24) is 29.7 Å². The fraction of sp³-hybridized carbons (Fsp3) is 0.526. The van der Waals surface area contributed by atoms with Crippen LogP contribution in [0.3, 0.4) is 0 Å². The minimum atomic E-state index is -4.49. The van der Waals surface area contributed by atoms with Crippen LogP contribution in [-0.2, 0) is 4.79 Å². The summed E-state index contributed by atoms with van der Waals surface area (Å²) in [5.74, 6) is -0.671. The number of nitriles is 1. The molecule has 1 amide bonds. The van der Waals surface area contributed by atoms with Gasteiger partial charge in [-0.3, -0.25) is 4.79 Å². The Labute approximate surface area is 169 Å². The minimum Gasteiger partial charge on any atom is -0.346 e. The number of aromatic nitrogens is 5. The molecule has 4 rings (SSSR count). The number of hydrogen-bond acceptors (Lipinski definition) is 5. The van der Waals surface area contributed by atoms with Crippen molar-refractivity contribution in [1.29, 1.82) is 5.26 Å². The molecule has 0 aromatic carbocycles. The van der Waals surface area contributed by atoms with Crippen LogP contribution in [0.25, 0.3) is 16.6 Å². The van der Waals surface area contributed by atoms with Crippen molar-refractivity contribution >= 4 is 22.5 Å². The summed E-state index contributed by atoms with van der Waals surface area (Å²) in [5.41, 5.74) is 2.51. The number of aromatic amines is 1. The van der Waals surface area contributed by atoms with Crippen molar-refractivity contribution in [2.45, 2.75) is 44.2 Å². The second-order valence-electron chi connectivity index (χ2n) is 7.69. The van der Waals surface area contributed by atoms with Gasteiger partial charge in [-0.25, -0.2) is 9.50 Å². The van der Waals surface area contributed by atoms with Gasteiger partial charge in [-0.1, -0.05) is 5.21 Å². The van der Waals surface area contributed by atoms with Gasteiger partial charge in [0, 0.05) is 24.0 Å². The summed E-state index contributed by atoms with van der Waals surface area (Å²) in [7, 11) is 0. The third-order valence-corrected chi connectivity index (χ3v) is 5.66. The van der Waals surface area contributed by atoms with Crippen LogP contribution >= 0.6 is 0 Å². The van der Waals surface area contributed by atoms with Gasteiger partial charge in [0.05, 0.1) is 11.8 Å². The fourth-order valence-corrected chi connectivity index (χ4v) is 4.27. The van der Waals surface area contributed by atoms with E-state index in [9.17, 15) is 18.0 Å². The number of halogens is 3. The van der Waals surface area contributed by atoms with E-state index in [0.717, 1.165) is 40.0 Å². The number of H-pyrrole nitrogens is 1. The Bertz CT molecular complexity index is 1090. The van der Waals surface area contributed by atoms with Crippen molar-refractivity contribution in [2.75, 3.05) is 13.1 Å². The molecule has 0 saturated heterocycles. The predicted molar refractivity (Wildman–Crippen MR) is 100 cm³/mol. The molecule has 0 unspecified atom stereocenters. The van der Waals surface area contributed by atoms with E-state index in [2.05, 4.69) is 20.3 Å².